The Hall–Kier alpha value is -3.87. The second kappa shape index (κ2) is 9.30. The van der Waals surface area contributed by atoms with Gasteiger partial charge >= 0.3 is 12.1 Å². The highest BCUT2D eigenvalue weighted by atomic mass is 16.5. The Morgan fingerprint density at radius 1 is 0.935 bits per heavy atom. The molecule has 1 heterocycles. The van der Waals surface area contributed by atoms with Crippen molar-refractivity contribution in [1.29, 1.82) is 0 Å². The van der Waals surface area contributed by atoms with Gasteiger partial charge in [0.25, 0.3) is 5.56 Å². The molecule has 3 rings (SSSR count). The highest BCUT2D eigenvalue weighted by molar-refractivity contribution is 5.84. The first kappa shape index (κ1) is 21.8. The molecule has 2 aromatic carbocycles. The van der Waals surface area contributed by atoms with Gasteiger partial charge in [0.2, 0.25) is 0 Å². The Kier molecular flexibility index (Phi) is 6.55. The fraction of sp³-hybridized carbons (Fsp3) is 0.208. The summed E-state index contributed by atoms with van der Waals surface area (Å²) in [5.74, 6) is -1.16. The van der Waals surface area contributed by atoms with E-state index in [9.17, 15) is 19.5 Å². The van der Waals surface area contributed by atoms with Crippen molar-refractivity contribution in [2.75, 3.05) is 5.32 Å². The lowest BCUT2D eigenvalue weighted by Crippen LogP contribution is -2.45. The second-order valence-electron chi connectivity index (χ2n) is 7.59. The molecular weight excluding hydrogens is 396 g/mol. The summed E-state index contributed by atoms with van der Waals surface area (Å²) in [6.07, 6.45) is -0.428. The fourth-order valence-corrected chi connectivity index (χ4v) is 3.19. The van der Waals surface area contributed by atoms with Crippen LogP contribution < -0.4 is 10.9 Å². The number of anilines is 1. The Labute approximate surface area is 179 Å². The molecule has 0 fully saturated rings. The van der Waals surface area contributed by atoms with Gasteiger partial charge in [-0.25, -0.2) is 9.59 Å². The Morgan fingerprint density at radius 3 is 2.10 bits per heavy atom. The van der Waals surface area contributed by atoms with Gasteiger partial charge in [-0.05, 0) is 37.1 Å². The standard InChI is InChI=1S/C24H24N2O5/c1-24(2,22(28)29)26-19(15-17-9-5-3-6-10-17)13-14-20(21(26)27)25-23(30)31-16-18-11-7-4-8-12-18/h3-14H,15-16H2,1-2H3,(H,25,30)(H,28,29). The lowest BCUT2D eigenvalue weighted by molar-refractivity contribution is -0.145. The molecule has 7 nitrogen and oxygen atoms in total. The predicted octanol–water partition coefficient (Wildman–Crippen LogP) is 4.01. The number of rotatable bonds is 7. The molecule has 31 heavy (non-hydrogen) atoms. The van der Waals surface area contributed by atoms with E-state index in [-0.39, 0.29) is 12.3 Å². The number of hydrogen-bond acceptors (Lipinski definition) is 4. The van der Waals surface area contributed by atoms with Gasteiger partial charge in [-0.1, -0.05) is 60.7 Å². The molecule has 0 bridgehead atoms. The van der Waals surface area contributed by atoms with E-state index in [1.807, 2.05) is 60.7 Å². The number of nitrogens with zero attached hydrogens (tertiary/aromatic N) is 1. The molecule has 0 saturated heterocycles. The molecule has 0 saturated carbocycles. The molecule has 0 radical (unpaired) electrons. The number of carbonyl (C=O) groups excluding carboxylic acids is 1. The van der Waals surface area contributed by atoms with Gasteiger partial charge < -0.3 is 9.84 Å². The van der Waals surface area contributed by atoms with Crippen LogP contribution in [0, 0.1) is 0 Å². The van der Waals surface area contributed by atoms with Gasteiger partial charge in [0.1, 0.15) is 17.8 Å². The Bertz CT molecular complexity index is 1120. The minimum atomic E-state index is -1.52. The van der Waals surface area contributed by atoms with Crippen molar-refractivity contribution in [2.45, 2.75) is 32.4 Å². The highest BCUT2D eigenvalue weighted by Crippen LogP contribution is 2.20. The molecular formula is C24H24N2O5. The van der Waals surface area contributed by atoms with Crippen LogP contribution in [0.1, 0.15) is 30.7 Å². The average molecular weight is 420 g/mol. The molecule has 0 aliphatic carbocycles. The quantitative estimate of drug-likeness (QED) is 0.602. The normalized spacial score (nSPS) is 11.0. The van der Waals surface area contributed by atoms with E-state index in [1.165, 1.54) is 24.5 Å². The van der Waals surface area contributed by atoms with Crippen LogP contribution in [0.3, 0.4) is 0 Å². The Balaban J connectivity index is 1.89. The second-order valence-corrected chi connectivity index (χ2v) is 7.59. The van der Waals surface area contributed by atoms with Gasteiger partial charge in [0.15, 0.2) is 0 Å². The molecule has 0 unspecified atom stereocenters. The van der Waals surface area contributed by atoms with Crippen molar-refractivity contribution in [3.05, 3.63) is 100.0 Å². The highest BCUT2D eigenvalue weighted by Gasteiger charge is 2.33. The minimum absolute atomic E-state index is 0.0492. The van der Waals surface area contributed by atoms with Crippen LogP contribution in [0.5, 0.6) is 0 Å². The van der Waals surface area contributed by atoms with Gasteiger partial charge in [-0.15, -0.1) is 0 Å². The number of nitrogens with one attached hydrogen (secondary N) is 1. The van der Waals surface area contributed by atoms with Crippen LogP contribution in [0.2, 0.25) is 0 Å². The third-order valence-electron chi connectivity index (χ3n) is 4.92. The first-order chi connectivity index (χ1) is 14.8. The number of pyridine rings is 1. The minimum Gasteiger partial charge on any atom is -0.480 e. The molecule has 0 aliphatic heterocycles. The van der Waals surface area contributed by atoms with E-state index >= 15 is 0 Å². The number of benzene rings is 2. The smallest absolute Gasteiger partial charge is 0.412 e. The van der Waals surface area contributed by atoms with Crippen molar-refractivity contribution in [1.82, 2.24) is 4.57 Å². The van der Waals surface area contributed by atoms with E-state index < -0.39 is 23.2 Å². The number of amides is 1. The van der Waals surface area contributed by atoms with E-state index in [0.29, 0.717) is 12.1 Å². The zero-order valence-corrected chi connectivity index (χ0v) is 17.4. The van der Waals surface area contributed by atoms with Crippen LogP contribution in [-0.4, -0.2) is 21.7 Å². The molecule has 1 amide bonds. The molecule has 0 spiro atoms. The number of ether oxygens (including phenoxy) is 1. The van der Waals surface area contributed by atoms with E-state index in [4.69, 9.17) is 4.74 Å². The van der Waals surface area contributed by atoms with Gasteiger partial charge in [-0.2, -0.15) is 0 Å². The summed E-state index contributed by atoms with van der Waals surface area (Å²) >= 11 is 0. The molecule has 0 atom stereocenters. The van der Waals surface area contributed by atoms with Crippen LogP contribution in [0.15, 0.2) is 77.6 Å². The van der Waals surface area contributed by atoms with Crippen molar-refractivity contribution >= 4 is 17.7 Å². The molecule has 2 N–H and O–H groups in total. The number of carboxylic acid groups (broad SMARTS) is 1. The maximum atomic E-state index is 13.2. The van der Waals surface area contributed by atoms with Gasteiger partial charge in [0, 0.05) is 12.1 Å². The van der Waals surface area contributed by atoms with E-state index in [0.717, 1.165) is 11.1 Å². The van der Waals surface area contributed by atoms with Crippen LogP contribution in [0.4, 0.5) is 10.5 Å². The van der Waals surface area contributed by atoms with Gasteiger partial charge in [-0.3, -0.25) is 14.7 Å². The number of carboxylic acids is 1. The Morgan fingerprint density at radius 2 is 1.52 bits per heavy atom. The average Bonchev–Trinajstić information content (AvgIpc) is 2.75. The van der Waals surface area contributed by atoms with Crippen LogP contribution in [0.25, 0.3) is 0 Å². The fourth-order valence-electron chi connectivity index (χ4n) is 3.19. The van der Waals surface area contributed by atoms with Crippen molar-refractivity contribution in [2.24, 2.45) is 0 Å². The third kappa shape index (κ3) is 5.19. The summed E-state index contributed by atoms with van der Waals surface area (Å²) in [4.78, 5) is 37.3. The third-order valence-corrected chi connectivity index (χ3v) is 4.92. The summed E-state index contributed by atoms with van der Waals surface area (Å²) in [5.41, 5.74) is 0.0703. The maximum absolute atomic E-state index is 13.2. The maximum Gasteiger partial charge on any atom is 0.412 e. The zero-order valence-electron chi connectivity index (χ0n) is 17.4. The first-order valence-corrected chi connectivity index (χ1v) is 9.79. The van der Waals surface area contributed by atoms with E-state index in [2.05, 4.69) is 5.32 Å². The molecule has 7 heteroatoms. The predicted molar refractivity (Wildman–Crippen MR) is 117 cm³/mol. The zero-order chi connectivity index (χ0) is 22.4. The summed E-state index contributed by atoms with van der Waals surface area (Å²) < 4.78 is 6.37. The lowest BCUT2D eigenvalue weighted by atomic mass is 10.0. The van der Waals surface area contributed by atoms with Crippen molar-refractivity contribution < 1.29 is 19.4 Å². The topological polar surface area (TPSA) is 97.6 Å². The number of aliphatic carboxylic acids is 1. The largest absolute Gasteiger partial charge is 0.480 e. The number of carbonyl (C=O) groups is 2. The number of hydrogen-bond donors (Lipinski definition) is 2. The number of aromatic nitrogens is 1. The summed E-state index contributed by atoms with van der Waals surface area (Å²) in [7, 11) is 0. The summed E-state index contributed by atoms with van der Waals surface area (Å²) in [6, 6.07) is 21.7. The van der Waals surface area contributed by atoms with Crippen molar-refractivity contribution in [3.8, 4) is 0 Å². The monoisotopic (exact) mass is 420 g/mol. The van der Waals surface area contributed by atoms with Gasteiger partial charge in [0.05, 0.1) is 0 Å². The SMILES string of the molecule is CC(C)(C(=O)O)n1c(Cc2ccccc2)ccc(NC(=O)OCc2ccccc2)c1=O. The van der Waals surface area contributed by atoms with Crippen LogP contribution in [-0.2, 0) is 28.1 Å². The van der Waals surface area contributed by atoms with E-state index in [1.54, 1.807) is 6.07 Å². The van der Waals surface area contributed by atoms with Crippen molar-refractivity contribution in [3.63, 3.8) is 0 Å². The molecule has 0 aliphatic rings. The summed E-state index contributed by atoms with van der Waals surface area (Å²) in [5, 5.41) is 12.2. The van der Waals surface area contributed by atoms with Crippen LogP contribution >= 0.6 is 0 Å². The lowest BCUT2D eigenvalue weighted by Gasteiger charge is -2.27. The molecule has 3 aromatic rings. The summed E-state index contributed by atoms with van der Waals surface area (Å²) in [6.45, 7) is 2.94. The first-order valence-electron chi connectivity index (χ1n) is 9.79. The molecule has 1 aromatic heterocycles. The molecule has 160 valence electrons.